The van der Waals surface area contributed by atoms with Crippen molar-refractivity contribution in [2.75, 3.05) is 18.4 Å². The summed E-state index contributed by atoms with van der Waals surface area (Å²) in [6, 6.07) is 16.0. The fraction of sp³-hybridized carbons (Fsp3) is 0.211. The smallest absolute Gasteiger partial charge is 0.407 e. The van der Waals surface area contributed by atoms with Crippen molar-refractivity contribution in [3.8, 4) is 0 Å². The Kier molecular flexibility index (Phi) is 7.17. The number of ether oxygens (including phenoxy) is 1. The van der Waals surface area contributed by atoms with E-state index in [0.717, 1.165) is 5.56 Å². The highest BCUT2D eigenvalue weighted by atomic mass is 16.5. The number of rotatable bonds is 7. The van der Waals surface area contributed by atoms with E-state index >= 15 is 0 Å². The van der Waals surface area contributed by atoms with Crippen LogP contribution in [0.4, 0.5) is 10.5 Å². The summed E-state index contributed by atoms with van der Waals surface area (Å²) in [5.41, 5.74) is 1.87. The van der Waals surface area contributed by atoms with Gasteiger partial charge in [-0.05, 0) is 23.8 Å². The minimum atomic E-state index is -0.546. The Morgan fingerprint density at radius 2 is 1.65 bits per heavy atom. The lowest BCUT2D eigenvalue weighted by atomic mass is 10.2. The first-order valence-corrected chi connectivity index (χ1v) is 8.15. The quantitative estimate of drug-likeness (QED) is 0.664. The molecule has 7 nitrogen and oxygen atoms in total. The van der Waals surface area contributed by atoms with Crippen LogP contribution in [-0.4, -0.2) is 31.0 Å². The first kappa shape index (κ1) is 19.0. The Balaban J connectivity index is 1.68. The summed E-state index contributed by atoms with van der Waals surface area (Å²) in [7, 11) is 0. The molecule has 0 unspecified atom stereocenters. The van der Waals surface area contributed by atoms with Crippen LogP contribution < -0.4 is 16.0 Å². The normalized spacial score (nSPS) is 9.88. The molecular formula is C19H21N3O4. The monoisotopic (exact) mass is 355 g/mol. The lowest BCUT2D eigenvalue weighted by Gasteiger charge is -2.09. The van der Waals surface area contributed by atoms with Crippen LogP contribution in [0.15, 0.2) is 54.6 Å². The van der Waals surface area contributed by atoms with Gasteiger partial charge in [0.25, 0.3) is 5.91 Å². The zero-order valence-corrected chi connectivity index (χ0v) is 14.5. The molecule has 0 aromatic heterocycles. The van der Waals surface area contributed by atoms with Gasteiger partial charge in [-0.15, -0.1) is 0 Å². The van der Waals surface area contributed by atoms with Crippen LogP contribution in [0.3, 0.4) is 0 Å². The molecule has 2 aromatic carbocycles. The molecule has 0 aliphatic rings. The molecule has 3 N–H and O–H groups in total. The Morgan fingerprint density at radius 1 is 0.923 bits per heavy atom. The number of alkyl carbamates (subject to hydrolysis) is 1. The molecule has 2 aromatic rings. The van der Waals surface area contributed by atoms with Gasteiger partial charge in [-0.3, -0.25) is 9.59 Å². The van der Waals surface area contributed by atoms with Crippen molar-refractivity contribution in [2.24, 2.45) is 0 Å². The molecule has 7 heteroatoms. The van der Waals surface area contributed by atoms with Gasteiger partial charge in [0.1, 0.15) is 6.61 Å². The highest BCUT2D eigenvalue weighted by Gasteiger charge is 2.07. The number of anilines is 1. The van der Waals surface area contributed by atoms with E-state index in [1.165, 1.54) is 6.92 Å². The summed E-state index contributed by atoms with van der Waals surface area (Å²) in [5.74, 6) is -0.502. The maximum Gasteiger partial charge on any atom is 0.407 e. The highest BCUT2D eigenvalue weighted by Crippen LogP contribution is 2.10. The maximum atomic E-state index is 12.1. The van der Waals surface area contributed by atoms with Gasteiger partial charge in [-0.2, -0.15) is 0 Å². The minimum absolute atomic E-state index is 0.189. The molecule has 0 heterocycles. The third kappa shape index (κ3) is 6.64. The molecule has 0 spiro atoms. The lowest BCUT2D eigenvalue weighted by Crippen LogP contribution is -2.34. The summed E-state index contributed by atoms with van der Waals surface area (Å²) < 4.78 is 5.07. The number of amides is 3. The molecule has 0 saturated heterocycles. The van der Waals surface area contributed by atoms with Crippen molar-refractivity contribution in [3.05, 3.63) is 65.7 Å². The second-order valence-corrected chi connectivity index (χ2v) is 5.51. The van der Waals surface area contributed by atoms with Crippen LogP contribution in [0.25, 0.3) is 0 Å². The number of carbonyl (C=O) groups excluding carboxylic acids is 3. The van der Waals surface area contributed by atoms with Crippen molar-refractivity contribution in [1.82, 2.24) is 10.6 Å². The second-order valence-electron chi connectivity index (χ2n) is 5.51. The van der Waals surface area contributed by atoms with Gasteiger partial charge in [0.2, 0.25) is 5.91 Å². The average molecular weight is 355 g/mol. The number of hydrogen-bond donors (Lipinski definition) is 3. The van der Waals surface area contributed by atoms with Crippen molar-refractivity contribution < 1.29 is 19.1 Å². The van der Waals surface area contributed by atoms with Crippen molar-refractivity contribution in [1.29, 1.82) is 0 Å². The van der Waals surface area contributed by atoms with Crippen molar-refractivity contribution >= 4 is 23.6 Å². The summed E-state index contributed by atoms with van der Waals surface area (Å²) in [6.45, 7) is 2.08. The van der Waals surface area contributed by atoms with Crippen molar-refractivity contribution in [3.63, 3.8) is 0 Å². The molecule has 0 aliphatic heterocycles. The summed E-state index contributed by atoms with van der Waals surface area (Å²) in [6.07, 6.45) is -0.546. The molecule has 136 valence electrons. The summed E-state index contributed by atoms with van der Waals surface area (Å²) >= 11 is 0. The summed E-state index contributed by atoms with van der Waals surface area (Å²) in [5, 5.41) is 7.87. The van der Waals surface area contributed by atoms with Gasteiger partial charge in [-0.1, -0.05) is 36.4 Å². The summed E-state index contributed by atoms with van der Waals surface area (Å²) in [4.78, 5) is 34.7. The first-order valence-electron chi connectivity index (χ1n) is 8.15. The molecule has 0 saturated carbocycles. The minimum Gasteiger partial charge on any atom is -0.445 e. The Morgan fingerprint density at radius 3 is 2.38 bits per heavy atom. The lowest BCUT2D eigenvalue weighted by molar-refractivity contribution is -0.114. The van der Waals surface area contributed by atoms with Gasteiger partial charge in [0.05, 0.1) is 0 Å². The van der Waals surface area contributed by atoms with Crippen LogP contribution in [0, 0.1) is 0 Å². The maximum absolute atomic E-state index is 12.1. The van der Waals surface area contributed by atoms with E-state index in [1.807, 2.05) is 30.3 Å². The molecule has 0 radical (unpaired) electrons. The van der Waals surface area contributed by atoms with E-state index in [0.29, 0.717) is 11.3 Å². The van der Waals surface area contributed by atoms with E-state index in [2.05, 4.69) is 16.0 Å². The number of carbonyl (C=O) groups is 3. The number of hydrogen-bond acceptors (Lipinski definition) is 4. The molecule has 0 fully saturated rings. The Bertz CT molecular complexity index is 762. The van der Waals surface area contributed by atoms with Crippen molar-refractivity contribution in [2.45, 2.75) is 13.5 Å². The molecule has 0 bridgehead atoms. The molecule has 26 heavy (non-hydrogen) atoms. The van der Waals surface area contributed by atoms with Crippen LogP contribution in [-0.2, 0) is 16.1 Å². The predicted octanol–water partition coefficient (Wildman–Crippen LogP) is 2.30. The van der Waals surface area contributed by atoms with E-state index in [1.54, 1.807) is 24.3 Å². The van der Waals surface area contributed by atoms with Crippen LogP contribution in [0.5, 0.6) is 0 Å². The van der Waals surface area contributed by atoms with Gasteiger partial charge in [0, 0.05) is 31.3 Å². The predicted molar refractivity (Wildman–Crippen MR) is 97.7 cm³/mol. The zero-order chi connectivity index (χ0) is 18.8. The second kappa shape index (κ2) is 9.83. The third-order valence-corrected chi connectivity index (χ3v) is 3.34. The molecule has 3 amide bonds. The topological polar surface area (TPSA) is 96.5 Å². The number of nitrogens with one attached hydrogen (secondary N) is 3. The molecule has 2 rings (SSSR count). The van der Waals surface area contributed by atoms with E-state index < -0.39 is 6.09 Å². The average Bonchev–Trinajstić information content (AvgIpc) is 2.64. The van der Waals surface area contributed by atoms with Gasteiger partial charge >= 0.3 is 6.09 Å². The van der Waals surface area contributed by atoms with Gasteiger partial charge in [0.15, 0.2) is 0 Å². The van der Waals surface area contributed by atoms with E-state index in [4.69, 9.17) is 4.74 Å². The SMILES string of the molecule is CC(=O)Nc1cccc(C(=O)NCCNC(=O)OCc2ccccc2)c1. The molecule has 0 atom stereocenters. The van der Waals surface area contributed by atoms with Gasteiger partial charge < -0.3 is 20.7 Å². The fourth-order valence-corrected chi connectivity index (χ4v) is 2.16. The van der Waals surface area contributed by atoms with Gasteiger partial charge in [-0.25, -0.2) is 4.79 Å². The largest absolute Gasteiger partial charge is 0.445 e. The Hall–Kier alpha value is -3.35. The highest BCUT2D eigenvalue weighted by molar-refractivity contribution is 5.96. The molecular weight excluding hydrogens is 334 g/mol. The van der Waals surface area contributed by atoms with Crippen LogP contribution in [0.1, 0.15) is 22.8 Å². The van der Waals surface area contributed by atoms with Crippen LogP contribution in [0.2, 0.25) is 0 Å². The number of benzene rings is 2. The third-order valence-electron chi connectivity index (χ3n) is 3.34. The zero-order valence-electron chi connectivity index (χ0n) is 14.5. The van der Waals surface area contributed by atoms with E-state index in [-0.39, 0.29) is 31.5 Å². The Labute approximate surface area is 151 Å². The fourth-order valence-electron chi connectivity index (χ4n) is 2.16. The standard InChI is InChI=1S/C19H21N3O4/c1-14(23)22-17-9-5-8-16(12-17)18(24)20-10-11-21-19(25)26-13-15-6-3-2-4-7-15/h2-9,12H,10-11,13H2,1H3,(H,20,24)(H,21,25)(H,22,23). The first-order chi connectivity index (χ1) is 12.5. The molecule has 0 aliphatic carbocycles. The van der Waals surface area contributed by atoms with Crippen LogP contribution >= 0.6 is 0 Å². The van der Waals surface area contributed by atoms with E-state index in [9.17, 15) is 14.4 Å².